The molecule has 7 heteroatoms. The van der Waals surface area contributed by atoms with Crippen molar-refractivity contribution >= 4 is 46.3 Å². The zero-order valence-corrected chi connectivity index (χ0v) is 16.3. The Morgan fingerprint density at radius 1 is 1.08 bits per heavy atom. The van der Waals surface area contributed by atoms with Gasteiger partial charge in [-0.1, -0.05) is 43.5 Å². The average Bonchev–Trinajstić information content (AvgIpc) is 2.57. The van der Waals surface area contributed by atoms with Crippen LogP contribution in [0.4, 0.5) is 0 Å². The number of rotatable bonds is 4. The van der Waals surface area contributed by atoms with E-state index >= 15 is 0 Å². The lowest BCUT2D eigenvalue weighted by Crippen LogP contribution is -2.53. The third-order valence-electron chi connectivity index (χ3n) is 4.33. The van der Waals surface area contributed by atoms with Crippen LogP contribution in [0.3, 0.4) is 0 Å². The number of hydrogen-bond acceptors (Lipinski definition) is 2. The van der Waals surface area contributed by atoms with E-state index < -0.39 is 0 Å². The smallest absolute Gasteiger partial charge is 0.185 e. The zero-order chi connectivity index (χ0) is 17.4. The van der Waals surface area contributed by atoms with Gasteiger partial charge in [0.25, 0.3) is 0 Å². The number of benzene rings is 1. The summed E-state index contributed by atoms with van der Waals surface area (Å²) in [4.78, 5) is 0. The molecule has 132 valence electrons. The summed E-state index contributed by atoms with van der Waals surface area (Å²) in [5.74, 6) is 0.656. The van der Waals surface area contributed by atoms with Crippen LogP contribution in [0.2, 0.25) is 5.02 Å². The van der Waals surface area contributed by atoms with E-state index in [2.05, 4.69) is 28.4 Å². The molecule has 1 aliphatic rings. The molecule has 0 heterocycles. The van der Waals surface area contributed by atoms with Crippen LogP contribution in [0, 0.1) is 5.92 Å². The largest absolute Gasteiger partial charge is 0.361 e. The van der Waals surface area contributed by atoms with Gasteiger partial charge < -0.3 is 10.6 Å². The van der Waals surface area contributed by atoms with Gasteiger partial charge in [0.1, 0.15) is 0 Å². The fourth-order valence-electron chi connectivity index (χ4n) is 2.86. The van der Waals surface area contributed by atoms with Crippen LogP contribution in [0.15, 0.2) is 24.3 Å². The summed E-state index contributed by atoms with van der Waals surface area (Å²) >= 11 is 16.4. The van der Waals surface area contributed by atoms with Crippen molar-refractivity contribution in [2.45, 2.75) is 45.1 Å². The van der Waals surface area contributed by atoms with Crippen molar-refractivity contribution in [3.63, 3.8) is 0 Å². The maximum atomic E-state index is 5.87. The third-order valence-corrected chi connectivity index (χ3v) is 5.05. The van der Waals surface area contributed by atoms with Crippen molar-refractivity contribution in [1.29, 1.82) is 0 Å². The molecule has 0 amide bonds. The molecule has 0 aliphatic heterocycles. The second-order valence-electron chi connectivity index (χ2n) is 6.22. The quantitative estimate of drug-likeness (QED) is 0.472. The van der Waals surface area contributed by atoms with Crippen LogP contribution in [0.1, 0.15) is 38.2 Å². The monoisotopic (exact) mass is 384 g/mol. The lowest BCUT2D eigenvalue weighted by atomic mass is 9.86. The Morgan fingerprint density at radius 3 is 2.46 bits per heavy atom. The second-order valence-corrected chi connectivity index (χ2v) is 7.48. The third kappa shape index (κ3) is 6.79. The topological polar surface area (TPSA) is 48.1 Å². The summed E-state index contributed by atoms with van der Waals surface area (Å²) in [5.41, 5.74) is 7.10. The standard InChI is InChI=1S/C17H25ClN4S2/c1-12-4-2-3-5-15(12)20-17(24)22-21-16(23)19-11-10-13-6-8-14(18)9-7-13/h6-9,12,15H,2-5,10-11H2,1H3,(H2,19,21,23)(H2,20,22,24)/t12-,15-/m0/s1. The first-order valence-electron chi connectivity index (χ1n) is 8.39. The summed E-state index contributed by atoms with van der Waals surface area (Å²) in [6.45, 7) is 3.02. The van der Waals surface area contributed by atoms with Crippen LogP contribution in [-0.2, 0) is 6.42 Å². The van der Waals surface area contributed by atoms with Gasteiger partial charge in [0.15, 0.2) is 10.2 Å². The van der Waals surface area contributed by atoms with Gasteiger partial charge in [-0.25, -0.2) is 0 Å². The second kappa shape index (κ2) is 10.0. The van der Waals surface area contributed by atoms with E-state index in [9.17, 15) is 0 Å². The van der Waals surface area contributed by atoms with Gasteiger partial charge in [-0.3, -0.25) is 10.9 Å². The fourth-order valence-corrected chi connectivity index (χ4v) is 3.35. The average molecular weight is 385 g/mol. The lowest BCUT2D eigenvalue weighted by molar-refractivity contribution is 0.308. The Kier molecular flexibility index (Phi) is 8.02. The molecule has 0 unspecified atom stereocenters. The van der Waals surface area contributed by atoms with Gasteiger partial charge in [0.2, 0.25) is 0 Å². The van der Waals surface area contributed by atoms with Crippen LogP contribution in [0.25, 0.3) is 0 Å². The minimum Gasteiger partial charge on any atom is -0.361 e. The lowest BCUT2D eigenvalue weighted by Gasteiger charge is -2.30. The first-order valence-corrected chi connectivity index (χ1v) is 9.59. The van der Waals surface area contributed by atoms with Crippen molar-refractivity contribution in [1.82, 2.24) is 21.5 Å². The van der Waals surface area contributed by atoms with E-state index in [1.807, 2.05) is 24.3 Å². The van der Waals surface area contributed by atoms with E-state index in [1.54, 1.807) is 0 Å². The summed E-state index contributed by atoms with van der Waals surface area (Å²) < 4.78 is 0. The molecule has 0 radical (unpaired) electrons. The molecule has 1 aromatic carbocycles. The predicted molar refractivity (Wildman–Crippen MR) is 109 cm³/mol. The van der Waals surface area contributed by atoms with Gasteiger partial charge in [-0.05, 0) is 67.3 Å². The van der Waals surface area contributed by atoms with E-state index in [1.165, 1.54) is 31.2 Å². The molecule has 1 fully saturated rings. The molecule has 0 bridgehead atoms. The number of halogens is 1. The van der Waals surface area contributed by atoms with Gasteiger partial charge in [-0.15, -0.1) is 0 Å². The molecule has 1 aromatic rings. The Balaban J connectivity index is 1.60. The predicted octanol–water partition coefficient (Wildman–Crippen LogP) is 3.30. The van der Waals surface area contributed by atoms with Crippen LogP contribution >= 0.6 is 36.0 Å². The number of nitrogens with one attached hydrogen (secondary N) is 4. The molecule has 0 saturated heterocycles. The van der Waals surface area contributed by atoms with Gasteiger partial charge in [0.05, 0.1) is 0 Å². The molecule has 1 aliphatic carbocycles. The fraction of sp³-hybridized carbons (Fsp3) is 0.529. The highest BCUT2D eigenvalue weighted by Gasteiger charge is 2.21. The molecule has 2 atom stereocenters. The highest BCUT2D eigenvalue weighted by Crippen LogP contribution is 2.23. The summed E-state index contributed by atoms with van der Waals surface area (Å²) in [7, 11) is 0. The molecule has 4 N–H and O–H groups in total. The van der Waals surface area contributed by atoms with Crippen molar-refractivity contribution in [3.05, 3.63) is 34.9 Å². The van der Waals surface area contributed by atoms with Gasteiger partial charge in [0, 0.05) is 17.6 Å². The van der Waals surface area contributed by atoms with Crippen molar-refractivity contribution in [3.8, 4) is 0 Å². The molecule has 1 saturated carbocycles. The minimum atomic E-state index is 0.451. The SMILES string of the molecule is C[C@H]1CCCC[C@@H]1NC(=S)NNC(=S)NCCc1ccc(Cl)cc1. The summed E-state index contributed by atoms with van der Waals surface area (Å²) in [6.07, 6.45) is 5.90. The number of hydrazine groups is 1. The molecule has 24 heavy (non-hydrogen) atoms. The van der Waals surface area contributed by atoms with E-state index in [-0.39, 0.29) is 0 Å². The molecule has 4 nitrogen and oxygen atoms in total. The van der Waals surface area contributed by atoms with Crippen LogP contribution in [0.5, 0.6) is 0 Å². The molecular formula is C17H25ClN4S2. The Bertz CT molecular complexity index is 550. The summed E-state index contributed by atoms with van der Waals surface area (Å²) in [5, 5.41) is 8.40. The highest BCUT2D eigenvalue weighted by molar-refractivity contribution is 7.80. The maximum absolute atomic E-state index is 5.87. The molecule has 0 spiro atoms. The van der Waals surface area contributed by atoms with Crippen molar-refractivity contribution < 1.29 is 0 Å². The maximum Gasteiger partial charge on any atom is 0.185 e. The van der Waals surface area contributed by atoms with E-state index in [0.717, 1.165) is 18.0 Å². The van der Waals surface area contributed by atoms with E-state index in [0.29, 0.717) is 22.2 Å². The van der Waals surface area contributed by atoms with Gasteiger partial charge >= 0.3 is 0 Å². The molecular weight excluding hydrogens is 360 g/mol. The summed E-state index contributed by atoms with van der Waals surface area (Å²) in [6, 6.07) is 8.27. The van der Waals surface area contributed by atoms with Gasteiger partial charge in [-0.2, -0.15) is 0 Å². The Labute approximate surface area is 160 Å². The van der Waals surface area contributed by atoms with Crippen molar-refractivity contribution in [2.75, 3.05) is 6.54 Å². The zero-order valence-electron chi connectivity index (χ0n) is 13.9. The Hall–Kier alpha value is -1.11. The number of hydrogen-bond donors (Lipinski definition) is 4. The normalized spacial score (nSPS) is 20.1. The van der Waals surface area contributed by atoms with Crippen LogP contribution in [-0.4, -0.2) is 22.8 Å². The number of thiocarbonyl (C=S) groups is 2. The Morgan fingerprint density at radius 2 is 1.75 bits per heavy atom. The molecule has 0 aromatic heterocycles. The molecule has 2 rings (SSSR count). The minimum absolute atomic E-state index is 0.451. The van der Waals surface area contributed by atoms with Crippen molar-refractivity contribution in [2.24, 2.45) is 5.92 Å². The first-order chi connectivity index (χ1) is 11.5. The van der Waals surface area contributed by atoms with Crippen LogP contribution < -0.4 is 21.5 Å². The van der Waals surface area contributed by atoms with E-state index in [4.69, 9.17) is 36.0 Å². The highest BCUT2D eigenvalue weighted by atomic mass is 35.5. The first kappa shape index (κ1) is 19.2.